The highest BCUT2D eigenvalue weighted by atomic mass is 32.1. The van der Waals surface area contributed by atoms with E-state index in [2.05, 4.69) is 10.6 Å². The summed E-state index contributed by atoms with van der Waals surface area (Å²) in [5.74, 6) is 0.0655. The molecule has 0 atom stereocenters. The summed E-state index contributed by atoms with van der Waals surface area (Å²) in [7, 11) is 1.60. The van der Waals surface area contributed by atoms with Crippen LogP contribution in [0.25, 0.3) is 11.1 Å². The zero-order valence-corrected chi connectivity index (χ0v) is 17.2. The van der Waals surface area contributed by atoms with Gasteiger partial charge in [-0.25, -0.2) is 4.79 Å². The Morgan fingerprint density at radius 1 is 1.15 bits per heavy atom. The molecule has 0 radical (unpaired) electrons. The summed E-state index contributed by atoms with van der Waals surface area (Å²) in [5, 5.41) is 8.29. The van der Waals surface area contributed by atoms with Gasteiger partial charge in [-0.15, -0.1) is 11.3 Å². The summed E-state index contributed by atoms with van der Waals surface area (Å²) >= 11 is 1.31. The molecule has 0 aliphatic rings. The van der Waals surface area contributed by atoms with Crippen LogP contribution in [0.4, 0.5) is 5.00 Å². The van der Waals surface area contributed by atoms with E-state index in [4.69, 9.17) is 9.47 Å². The van der Waals surface area contributed by atoms with Crippen LogP contribution in [-0.4, -0.2) is 37.7 Å². The molecule has 2 rings (SSSR count). The Balaban J connectivity index is 2.30. The van der Waals surface area contributed by atoms with Gasteiger partial charge in [0.1, 0.15) is 16.3 Å². The maximum absolute atomic E-state index is 12.5. The lowest BCUT2D eigenvalue weighted by molar-refractivity contribution is -0.115. The highest BCUT2D eigenvalue weighted by molar-refractivity contribution is 7.15. The number of nitrogens with one attached hydrogen (secondary N) is 2. The summed E-state index contributed by atoms with van der Waals surface area (Å²) < 4.78 is 10.4. The van der Waals surface area contributed by atoms with Crippen molar-refractivity contribution in [1.82, 2.24) is 5.32 Å². The van der Waals surface area contributed by atoms with Gasteiger partial charge in [0.2, 0.25) is 5.91 Å². The predicted molar refractivity (Wildman–Crippen MR) is 109 cm³/mol. The second-order valence-electron chi connectivity index (χ2n) is 6.95. The number of carbonyl (C=O) groups excluding carboxylic acids is 2. The second-order valence-corrected chi connectivity index (χ2v) is 7.83. The van der Waals surface area contributed by atoms with Crippen LogP contribution in [0.1, 0.15) is 38.1 Å². The van der Waals surface area contributed by atoms with Crippen LogP contribution in [-0.2, 0) is 9.53 Å². The van der Waals surface area contributed by atoms with Crippen LogP contribution >= 0.6 is 11.3 Å². The number of esters is 1. The zero-order chi connectivity index (χ0) is 20.0. The topological polar surface area (TPSA) is 76.7 Å². The van der Waals surface area contributed by atoms with Crippen molar-refractivity contribution in [3.05, 3.63) is 35.2 Å². The van der Waals surface area contributed by atoms with E-state index < -0.39 is 5.97 Å². The molecule has 1 heterocycles. The molecule has 0 unspecified atom stereocenters. The molecular weight excluding hydrogens is 364 g/mol. The molecule has 2 aromatic rings. The number of methoxy groups -OCH3 is 1. The van der Waals surface area contributed by atoms with E-state index in [9.17, 15) is 9.59 Å². The van der Waals surface area contributed by atoms with Crippen molar-refractivity contribution in [3.63, 3.8) is 0 Å². The number of hydrogen-bond acceptors (Lipinski definition) is 6. The maximum atomic E-state index is 12.5. The van der Waals surface area contributed by atoms with E-state index in [1.165, 1.54) is 11.3 Å². The van der Waals surface area contributed by atoms with Crippen molar-refractivity contribution < 1.29 is 19.1 Å². The normalized spacial score (nSPS) is 11.1. The van der Waals surface area contributed by atoms with E-state index in [1.54, 1.807) is 14.0 Å². The molecule has 0 saturated carbocycles. The summed E-state index contributed by atoms with van der Waals surface area (Å²) in [5.41, 5.74) is 1.77. The average molecular weight is 391 g/mol. The Hall–Kier alpha value is -2.38. The van der Waals surface area contributed by atoms with Crippen molar-refractivity contribution in [2.45, 2.75) is 33.2 Å². The van der Waals surface area contributed by atoms with Crippen molar-refractivity contribution >= 4 is 28.2 Å². The molecule has 146 valence electrons. The molecule has 0 aliphatic heterocycles. The van der Waals surface area contributed by atoms with Gasteiger partial charge in [0, 0.05) is 16.5 Å². The monoisotopic (exact) mass is 390 g/mol. The molecule has 0 spiro atoms. The largest absolute Gasteiger partial charge is 0.497 e. The van der Waals surface area contributed by atoms with Crippen LogP contribution in [0.5, 0.6) is 5.75 Å². The number of amides is 1. The van der Waals surface area contributed by atoms with Crippen molar-refractivity contribution in [2.24, 2.45) is 0 Å². The average Bonchev–Trinajstić information content (AvgIpc) is 3.03. The Labute approximate surface area is 163 Å². The van der Waals surface area contributed by atoms with Gasteiger partial charge in [0.25, 0.3) is 0 Å². The first-order valence-electron chi connectivity index (χ1n) is 8.73. The lowest BCUT2D eigenvalue weighted by atomic mass is 10.0. The maximum Gasteiger partial charge on any atom is 0.341 e. The fourth-order valence-electron chi connectivity index (χ4n) is 2.36. The molecule has 1 amide bonds. The van der Waals surface area contributed by atoms with Crippen LogP contribution < -0.4 is 15.4 Å². The molecule has 0 fully saturated rings. The summed E-state index contributed by atoms with van der Waals surface area (Å²) in [6, 6.07) is 7.40. The standard InChI is InChI=1S/C20H26N2O4S/c1-6-26-19(24)17-15(13-7-9-14(25-5)10-8-13)12-27-18(17)22-16(23)11-21-20(2,3)4/h7-10,12,21H,6,11H2,1-5H3,(H,22,23). The molecule has 7 heteroatoms. The summed E-state index contributed by atoms with van der Waals surface area (Å²) in [6.07, 6.45) is 0. The van der Waals surface area contributed by atoms with Gasteiger partial charge in [-0.05, 0) is 45.4 Å². The number of thiophene rings is 1. The molecule has 27 heavy (non-hydrogen) atoms. The number of benzene rings is 1. The van der Waals surface area contributed by atoms with Crippen LogP contribution in [0.2, 0.25) is 0 Å². The molecule has 6 nitrogen and oxygen atoms in total. The highest BCUT2D eigenvalue weighted by Gasteiger charge is 2.23. The third kappa shape index (κ3) is 5.80. The molecule has 1 aromatic carbocycles. The smallest absolute Gasteiger partial charge is 0.341 e. The van der Waals surface area contributed by atoms with Gasteiger partial charge in [0.15, 0.2) is 0 Å². The second kappa shape index (κ2) is 9.01. The number of anilines is 1. The Bertz CT molecular complexity index is 791. The molecular formula is C20H26N2O4S. The van der Waals surface area contributed by atoms with Crippen LogP contribution in [0.15, 0.2) is 29.6 Å². The van der Waals surface area contributed by atoms with Crippen LogP contribution in [0.3, 0.4) is 0 Å². The fourth-order valence-corrected chi connectivity index (χ4v) is 3.33. The van der Waals surface area contributed by atoms with E-state index in [0.717, 1.165) is 16.9 Å². The number of ether oxygens (including phenoxy) is 2. The highest BCUT2D eigenvalue weighted by Crippen LogP contribution is 2.36. The van der Waals surface area contributed by atoms with Gasteiger partial charge in [-0.3, -0.25) is 4.79 Å². The van der Waals surface area contributed by atoms with Gasteiger partial charge in [-0.2, -0.15) is 0 Å². The van der Waals surface area contributed by atoms with E-state index >= 15 is 0 Å². The quantitative estimate of drug-likeness (QED) is 0.701. The van der Waals surface area contributed by atoms with Gasteiger partial charge < -0.3 is 20.1 Å². The third-order valence-corrected chi connectivity index (χ3v) is 4.60. The number of hydrogen-bond donors (Lipinski definition) is 2. The third-order valence-electron chi connectivity index (χ3n) is 3.70. The first-order valence-corrected chi connectivity index (χ1v) is 9.61. The van der Waals surface area contributed by atoms with E-state index in [-0.39, 0.29) is 24.6 Å². The zero-order valence-electron chi connectivity index (χ0n) is 16.3. The summed E-state index contributed by atoms with van der Waals surface area (Å²) in [6.45, 7) is 8.12. The minimum Gasteiger partial charge on any atom is -0.497 e. The van der Waals surface area contributed by atoms with E-state index in [0.29, 0.717) is 10.6 Å². The minimum atomic E-state index is -0.455. The van der Waals surface area contributed by atoms with E-state index in [1.807, 2.05) is 50.4 Å². The SMILES string of the molecule is CCOC(=O)c1c(-c2ccc(OC)cc2)csc1NC(=O)CNC(C)(C)C. The van der Waals surface area contributed by atoms with Crippen molar-refractivity contribution in [3.8, 4) is 16.9 Å². The summed E-state index contributed by atoms with van der Waals surface area (Å²) in [4.78, 5) is 24.8. The Morgan fingerprint density at radius 2 is 1.81 bits per heavy atom. The lowest BCUT2D eigenvalue weighted by Crippen LogP contribution is -2.41. The van der Waals surface area contributed by atoms with Gasteiger partial charge >= 0.3 is 5.97 Å². The minimum absolute atomic E-state index is 0.154. The number of carbonyl (C=O) groups is 2. The predicted octanol–water partition coefficient (Wildman–Crippen LogP) is 3.93. The fraction of sp³-hybridized carbons (Fsp3) is 0.400. The molecule has 0 aliphatic carbocycles. The molecule has 0 bridgehead atoms. The van der Waals surface area contributed by atoms with Crippen molar-refractivity contribution in [2.75, 3.05) is 25.6 Å². The van der Waals surface area contributed by atoms with Gasteiger partial charge in [0.05, 0.1) is 20.3 Å². The van der Waals surface area contributed by atoms with Gasteiger partial charge in [-0.1, -0.05) is 12.1 Å². The first-order chi connectivity index (χ1) is 12.7. The van der Waals surface area contributed by atoms with Crippen molar-refractivity contribution in [1.29, 1.82) is 0 Å². The Morgan fingerprint density at radius 3 is 2.37 bits per heavy atom. The molecule has 0 saturated heterocycles. The molecule has 2 N–H and O–H groups in total. The lowest BCUT2D eigenvalue weighted by Gasteiger charge is -2.20. The number of rotatable bonds is 7. The first kappa shape index (κ1) is 20.9. The van der Waals surface area contributed by atoms with Crippen LogP contribution in [0, 0.1) is 0 Å². The Kier molecular flexibility index (Phi) is 6.98. The molecule has 1 aromatic heterocycles.